The van der Waals surface area contributed by atoms with Gasteiger partial charge in [0, 0.05) is 10.9 Å². The van der Waals surface area contributed by atoms with E-state index in [1.165, 1.54) is 18.2 Å². The molecule has 0 spiro atoms. The number of ether oxygens (including phenoxy) is 1. The van der Waals surface area contributed by atoms with Gasteiger partial charge in [-0.1, -0.05) is 33.6 Å². The molecule has 1 N–H and O–H groups in total. The second kappa shape index (κ2) is 6.57. The van der Waals surface area contributed by atoms with Crippen LogP contribution in [0.4, 0.5) is 4.39 Å². The van der Waals surface area contributed by atoms with E-state index in [2.05, 4.69) is 15.9 Å². The molecule has 5 heteroatoms. The zero-order valence-corrected chi connectivity index (χ0v) is 13.1. The number of hydrogen-bond donors (Lipinski definition) is 1. The topological polar surface area (TPSA) is 29.5 Å². The summed E-state index contributed by atoms with van der Waals surface area (Å²) >= 11 is 9.11. The molecule has 1 unspecified atom stereocenters. The molecule has 1 atom stereocenters. The van der Waals surface area contributed by atoms with Gasteiger partial charge in [-0.3, -0.25) is 0 Å². The second-order valence-electron chi connectivity index (χ2n) is 4.35. The minimum atomic E-state index is -0.781. The highest BCUT2D eigenvalue weighted by Crippen LogP contribution is 2.29. The number of hydrogen-bond acceptors (Lipinski definition) is 2. The van der Waals surface area contributed by atoms with Gasteiger partial charge in [0.15, 0.2) is 0 Å². The summed E-state index contributed by atoms with van der Waals surface area (Å²) in [6, 6.07) is 9.78. The van der Waals surface area contributed by atoms with Gasteiger partial charge in [-0.25, -0.2) is 4.39 Å². The first-order chi connectivity index (χ1) is 9.51. The van der Waals surface area contributed by atoms with E-state index in [1.54, 1.807) is 7.11 Å². The van der Waals surface area contributed by atoms with Crippen molar-refractivity contribution >= 4 is 27.5 Å². The highest BCUT2D eigenvalue weighted by Gasteiger charge is 2.14. The van der Waals surface area contributed by atoms with Crippen LogP contribution < -0.4 is 4.74 Å². The molecule has 0 saturated carbocycles. The Bertz CT molecular complexity index is 619. The average molecular weight is 360 g/mol. The Morgan fingerprint density at radius 1 is 1.30 bits per heavy atom. The molecule has 0 saturated heterocycles. The summed E-state index contributed by atoms with van der Waals surface area (Å²) in [5.74, 6) is 0.197. The van der Waals surface area contributed by atoms with Gasteiger partial charge in [-0.15, -0.1) is 0 Å². The van der Waals surface area contributed by atoms with Crippen molar-refractivity contribution in [2.75, 3.05) is 7.11 Å². The van der Waals surface area contributed by atoms with E-state index in [9.17, 15) is 9.50 Å². The summed E-state index contributed by atoms with van der Waals surface area (Å²) in [5, 5.41) is 10.3. The summed E-state index contributed by atoms with van der Waals surface area (Å²) < 4.78 is 19.3. The van der Waals surface area contributed by atoms with E-state index in [-0.39, 0.29) is 5.02 Å². The number of rotatable bonds is 4. The van der Waals surface area contributed by atoms with E-state index < -0.39 is 11.9 Å². The van der Waals surface area contributed by atoms with E-state index >= 15 is 0 Å². The summed E-state index contributed by atoms with van der Waals surface area (Å²) in [5.41, 5.74) is 1.42. The third kappa shape index (κ3) is 3.51. The monoisotopic (exact) mass is 358 g/mol. The molecule has 0 amide bonds. The van der Waals surface area contributed by atoms with Crippen molar-refractivity contribution in [3.05, 3.63) is 62.8 Å². The number of methoxy groups -OCH3 is 1. The second-order valence-corrected chi connectivity index (χ2v) is 5.67. The van der Waals surface area contributed by atoms with Crippen LogP contribution in [-0.2, 0) is 6.42 Å². The lowest BCUT2D eigenvalue weighted by Gasteiger charge is -2.14. The molecule has 0 radical (unpaired) electrons. The van der Waals surface area contributed by atoms with Gasteiger partial charge in [0.2, 0.25) is 0 Å². The Balaban J connectivity index is 2.24. The fourth-order valence-corrected chi connectivity index (χ4v) is 2.55. The molecule has 0 fully saturated rings. The van der Waals surface area contributed by atoms with Crippen LogP contribution in [0.3, 0.4) is 0 Å². The molecule has 0 aliphatic carbocycles. The summed E-state index contributed by atoms with van der Waals surface area (Å²) in [7, 11) is 1.58. The van der Waals surface area contributed by atoms with Crippen molar-refractivity contribution in [1.82, 2.24) is 0 Å². The lowest BCUT2D eigenvalue weighted by Crippen LogP contribution is -2.04. The first kappa shape index (κ1) is 15.3. The summed E-state index contributed by atoms with van der Waals surface area (Å²) in [6.45, 7) is 0. The van der Waals surface area contributed by atoms with Crippen LogP contribution in [-0.4, -0.2) is 12.2 Å². The molecule has 0 bridgehead atoms. The largest absolute Gasteiger partial charge is 0.496 e. The molecule has 2 aromatic rings. The SMILES string of the molecule is COc1ccc(Br)cc1CC(O)c1ccc(F)c(Cl)c1. The third-order valence-electron chi connectivity index (χ3n) is 2.98. The Kier molecular flexibility index (Phi) is 5.02. The van der Waals surface area contributed by atoms with Crippen molar-refractivity contribution in [2.45, 2.75) is 12.5 Å². The zero-order chi connectivity index (χ0) is 14.7. The quantitative estimate of drug-likeness (QED) is 0.869. The molecule has 20 heavy (non-hydrogen) atoms. The molecule has 2 nitrogen and oxygen atoms in total. The normalized spacial score (nSPS) is 12.2. The fourth-order valence-electron chi connectivity index (χ4n) is 1.95. The summed E-state index contributed by atoms with van der Waals surface area (Å²) in [4.78, 5) is 0. The summed E-state index contributed by atoms with van der Waals surface area (Å²) in [6.07, 6.45) is -0.429. The highest BCUT2D eigenvalue weighted by atomic mass is 79.9. The van der Waals surface area contributed by atoms with Gasteiger partial charge in [-0.05, 0) is 41.5 Å². The predicted octanol–water partition coefficient (Wildman–Crippen LogP) is 4.53. The van der Waals surface area contributed by atoms with E-state index in [4.69, 9.17) is 16.3 Å². The van der Waals surface area contributed by atoms with E-state index in [0.717, 1.165) is 10.0 Å². The smallest absolute Gasteiger partial charge is 0.141 e. The molecule has 0 aliphatic heterocycles. The zero-order valence-electron chi connectivity index (χ0n) is 10.7. The lowest BCUT2D eigenvalue weighted by molar-refractivity contribution is 0.177. The Hall–Kier alpha value is -1.10. The molecule has 0 heterocycles. The Morgan fingerprint density at radius 3 is 2.70 bits per heavy atom. The Labute approximate surface area is 130 Å². The van der Waals surface area contributed by atoms with Crippen LogP contribution in [0, 0.1) is 5.82 Å². The first-order valence-corrected chi connectivity index (χ1v) is 7.14. The van der Waals surface area contributed by atoms with Crippen LogP contribution in [0.2, 0.25) is 5.02 Å². The molecule has 0 aromatic heterocycles. The van der Waals surface area contributed by atoms with Crippen LogP contribution in [0.1, 0.15) is 17.2 Å². The minimum Gasteiger partial charge on any atom is -0.496 e. The predicted molar refractivity (Wildman–Crippen MR) is 80.8 cm³/mol. The van der Waals surface area contributed by atoms with E-state index in [1.807, 2.05) is 18.2 Å². The standard InChI is InChI=1S/C15H13BrClFO2/c1-20-15-5-3-11(16)6-10(15)8-14(19)9-2-4-13(18)12(17)7-9/h2-7,14,19H,8H2,1H3. The molecule has 106 valence electrons. The molecule has 2 aromatic carbocycles. The number of benzene rings is 2. The molecular weight excluding hydrogens is 347 g/mol. The average Bonchev–Trinajstić information content (AvgIpc) is 2.42. The van der Waals surface area contributed by atoms with E-state index in [0.29, 0.717) is 17.7 Å². The Morgan fingerprint density at radius 2 is 2.05 bits per heavy atom. The van der Waals surface area contributed by atoms with Gasteiger partial charge < -0.3 is 9.84 Å². The van der Waals surface area contributed by atoms with Crippen LogP contribution in [0.5, 0.6) is 5.75 Å². The minimum absolute atomic E-state index is 0.00255. The van der Waals surface area contributed by atoms with Crippen molar-refractivity contribution in [2.24, 2.45) is 0 Å². The maximum atomic E-state index is 13.1. The first-order valence-electron chi connectivity index (χ1n) is 5.96. The number of halogens is 3. The lowest BCUT2D eigenvalue weighted by atomic mass is 10.0. The van der Waals surface area contributed by atoms with Crippen molar-refractivity contribution < 1.29 is 14.2 Å². The van der Waals surface area contributed by atoms with Gasteiger partial charge in [0.1, 0.15) is 11.6 Å². The fraction of sp³-hybridized carbons (Fsp3) is 0.200. The van der Waals surface area contributed by atoms with Crippen LogP contribution in [0.15, 0.2) is 40.9 Å². The maximum Gasteiger partial charge on any atom is 0.141 e. The maximum absolute atomic E-state index is 13.1. The van der Waals surface area contributed by atoms with Crippen LogP contribution in [0.25, 0.3) is 0 Å². The molecule has 0 aliphatic rings. The highest BCUT2D eigenvalue weighted by molar-refractivity contribution is 9.10. The van der Waals surface area contributed by atoms with Crippen LogP contribution >= 0.6 is 27.5 Å². The van der Waals surface area contributed by atoms with Crippen molar-refractivity contribution in [3.63, 3.8) is 0 Å². The van der Waals surface area contributed by atoms with Gasteiger partial charge in [-0.2, -0.15) is 0 Å². The van der Waals surface area contributed by atoms with Crippen molar-refractivity contribution in [3.8, 4) is 5.75 Å². The van der Waals surface area contributed by atoms with Gasteiger partial charge >= 0.3 is 0 Å². The number of aliphatic hydroxyl groups excluding tert-OH is 1. The van der Waals surface area contributed by atoms with Gasteiger partial charge in [0.05, 0.1) is 18.2 Å². The number of aliphatic hydroxyl groups is 1. The molecule has 2 rings (SSSR count). The van der Waals surface area contributed by atoms with Crippen molar-refractivity contribution in [1.29, 1.82) is 0 Å². The van der Waals surface area contributed by atoms with Gasteiger partial charge in [0.25, 0.3) is 0 Å². The third-order valence-corrected chi connectivity index (χ3v) is 3.77. The molecular formula is C15H13BrClFO2.